The molecule has 1 aromatic rings. The Bertz CT molecular complexity index is 407. The van der Waals surface area contributed by atoms with Crippen LogP contribution < -0.4 is 0 Å². The van der Waals surface area contributed by atoms with Crippen molar-refractivity contribution in [2.24, 2.45) is 5.41 Å². The van der Waals surface area contributed by atoms with Crippen LogP contribution in [0.25, 0.3) is 0 Å². The third kappa shape index (κ3) is 4.70. The van der Waals surface area contributed by atoms with Crippen molar-refractivity contribution in [2.75, 3.05) is 6.61 Å². The van der Waals surface area contributed by atoms with Gasteiger partial charge in [-0.1, -0.05) is 37.6 Å². The van der Waals surface area contributed by atoms with Gasteiger partial charge in [-0.15, -0.1) is 0 Å². The lowest BCUT2D eigenvalue weighted by Gasteiger charge is -2.23. The normalized spacial score (nSPS) is 11.4. The van der Waals surface area contributed by atoms with Gasteiger partial charge in [0.1, 0.15) is 0 Å². The summed E-state index contributed by atoms with van der Waals surface area (Å²) >= 11 is 0. The first-order valence-electron chi connectivity index (χ1n) is 7.25. The molecule has 0 bridgehead atoms. The third-order valence-electron chi connectivity index (χ3n) is 3.38. The second-order valence-corrected chi connectivity index (χ2v) is 5.65. The van der Waals surface area contributed by atoms with Gasteiger partial charge in [0, 0.05) is 0 Å². The van der Waals surface area contributed by atoms with Gasteiger partial charge in [-0.25, -0.2) is 0 Å². The van der Waals surface area contributed by atoms with Gasteiger partial charge < -0.3 is 4.74 Å². The van der Waals surface area contributed by atoms with Crippen molar-refractivity contribution in [3.8, 4) is 0 Å². The highest BCUT2D eigenvalue weighted by Gasteiger charge is 2.30. The number of hydrogen-bond acceptors (Lipinski definition) is 2. The summed E-state index contributed by atoms with van der Waals surface area (Å²) in [6.45, 7) is 8.41. The molecule has 0 saturated carbocycles. The Labute approximate surface area is 117 Å². The molecule has 0 aliphatic heterocycles. The van der Waals surface area contributed by atoms with Crippen LogP contribution >= 0.6 is 0 Å². The zero-order valence-electron chi connectivity index (χ0n) is 12.7. The van der Waals surface area contributed by atoms with E-state index >= 15 is 0 Å². The quantitative estimate of drug-likeness (QED) is 0.690. The van der Waals surface area contributed by atoms with E-state index < -0.39 is 5.41 Å². The topological polar surface area (TPSA) is 26.3 Å². The SMILES string of the molecule is CCCCc1ccccc1CC(C)(C)C(=O)OCC. The van der Waals surface area contributed by atoms with E-state index in [9.17, 15) is 4.79 Å². The van der Waals surface area contributed by atoms with Gasteiger partial charge in [0.15, 0.2) is 0 Å². The van der Waals surface area contributed by atoms with Gasteiger partial charge in [0.2, 0.25) is 0 Å². The predicted octanol–water partition coefficient (Wildman–Crippen LogP) is 4.16. The Morgan fingerprint density at radius 1 is 1.16 bits per heavy atom. The number of carbonyl (C=O) groups excluding carboxylic acids is 1. The summed E-state index contributed by atoms with van der Waals surface area (Å²) in [7, 11) is 0. The van der Waals surface area contributed by atoms with E-state index in [1.807, 2.05) is 26.8 Å². The fraction of sp³-hybridized carbons (Fsp3) is 0.588. The lowest BCUT2D eigenvalue weighted by atomic mass is 9.83. The van der Waals surface area contributed by atoms with Crippen molar-refractivity contribution in [1.29, 1.82) is 0 Å². The van der Waals surface area contributed by atoms with Crippen LogP contribution in [0.3, 0.4) is 0 Å². The fourth-order valence-corrected chi connectivity index (χ4v) is 2.22. The number of esters is 1. The molecule has 0 unspecified atom stereocenters. The molecule has 0 atom stereocenters. The summed E-state index contributed by atoms with van der Waals surface area (Å²) in [6, 6.07) is 8.43. The van der Waals surface area contributed by atoms with E-state index in [0.717, 1.165) is 12.8 Å². The van der Waals surface area contributed by atoms with Crippen LogP contribution in [0.5, 0.6) is 0 Å². The lowest BCUT2D eigenvalue weighted by Crippen LogP contribution is -2.29. The van der Waals surface area contributed by atoms with E-state index in [2.05, 4.69) is 25.1 Å². The van der Waals surface area contributed by atoms with E-state index in [1.165, 1.54) is 24.0 Å². The van der Waals surface area contributed by atoms with Gasteiger partial charge in [-0.3, -0.25) is 4.79 Å². The van der Waals surface area contributed by atoms with Crippen LogP contribution in [0.4, 0.5) is 0 Å². The molecule has 0 amide bonds. The van der Waals surface area contributed by atoms with Gasteiger partial charge in [-0.2, -0.15) is 0 Å². The molecule has 1 aromatic carbocycles. The van der Waals surface area contributed by atoms with Crippen molar-refractivity contribution < 1.29 is 9.53 Å². The smallest absolute Gasteiger partial charge is 0.311 e. The minimum atomic E-state index is -0.460. The number of benzene rings is 1. The molecular weight excluding hydrogens is 236 g/mol. The van der Waals surface area contributed by atoms with Crippen molar-refractivity contribution >= 4 is 5.97 Å². The lowest BCUT2D eigenvalue weighted by molar-refractivity contribution is -0.153. The average Bonchev–Trinajstić information content (AvgIpc) is 2.37. The van der Waals surface area contributed by atoms with Crippen molar-refractivity contribution in [1.82, 2.24) is 0 Å². The molecule has 0 aliphatic rings. The third-order valence-corrected chi connectivity index (χ3v) is 3.38. The number of ether oxygens (including phenoxy) is 1. The highest BCUT2D eigenvalue weighted by atomic mass is 16.5. The van der Waals surface area contributed by atoms with Crippen LogP contribution in [0.2, 0.25) is 0 Å². The zero-order valence-corrected chi connectivity index (χ0v) is 12.7. The molecule has 19 heavy (non-hydrogen) atoms. The molecule has 0 radical (unpaired) electrons. The van der Waals surface area contributed by atoms with Crippen molar-refractivity contribution in [3.63, 3.8) is 0 Å². The standard InChI is InChI=1S/C17H26O2/c1-5-7-10-14-11-8-9-12-15(14)13-17(3,4)16(18)19-6-2/h8-9,11-12H,5-7,10,13H2,1-4H3. The maximum Gasteiger partial charge on any atom is 0.311 e. The van der Waals surface area contributed by atoms with Crippen molar-refractivity contribution in [3.05, 3.63) is 35.4 Å². The number of hydrogen-bond donors (Lipinski definition) is 0. The second-order valence-electron chi connectivity index (χ2n) is 5.65. The first-order valence-corrected chi connectivity index (χ1v) is 7.25. The van der Waals surface area contributed by atoms with Gasteiger partial charge >= 0.3 is 5.97 Å². The van der Waals surface area contributed by atoms with Crippen LogP contribution in [-0.4, -0.2) is 12.6 Å². The summed E-state index contributed by atoms with van der Waals surface area (Å²) in [4.78, 5) is 12.0. The molecule has 0 spiro atoms. The van der Waals surface area contributed by atoms with Crippen LogP contribution in [-0.2, 0) is 22.4 Å². The Hall–Kier alpha value is -1.31. The summed E-state index contributed by atoms with van der Waals surface area (Å²) in [5.74, 6) is -0.111. The molecule has 0 aliphatic carbocycles. The maximum absolute atomic E-state index is 12.0. The highest BCUT2D eigenvalue weighted by Crippen LogP contribution is 2.26. The van der Waals surface area contributed by atoms with Crippen molar-refractivity contribution in [2.45, 2.75) is 53.4 Å². The Morgan fingerprint density at radius 3 is 2.37 bits per heavy atom. The van der Waals surface area contributed by atoms with Gasteiger partial charge in [0.05, 0.1) is 12.0 Å². The average molecular weight is 262 g/mol. The first kappa shape index (κ1) is 15.7. The summed E-state index contributed by atoms with van der Waals surface area (Å²) in [6.07, 6.45) is 4.21. The van der Waals surface area contributed by atoms with Crippen LogP contribution in [0, 0.1) is 5.41 Å². The maximum atomic E-state index is 12.0. The molecule has 0 fully saturated rings. The van der Waals surface area contributed by atoms with Crippen LogP contribution in [0.1, 0.15) is 51.7 Å². The van der Waals surface area contributed by atoms with Gasteiger partial charge in [0.25, 0.3) is 0 Å². The summed E-state index contributed by atoms with van der Waals surface area (Å²) in [5.41, 5.74) is 2.17. The minimum absolute atomic E-state index is 0.111. The first-order chi connectivity index (χ1) is 9.01. The number of aryl methyl sites for hydroxylation is 1. The Morgan fingerprint density at radius 2 is 1.79 bits per heavy atom. The van der Waals surface area contributed by atoms with E-state index in [0.29, 0.717) is 6.61 Å². The Kier molecular flexibility index (Phi) is 6.07. The molecular formula is C17H26O2. The molecule has 0 saturated heterocycles. The molecule has 2 nitrogen and oxygen atoms in total. The predicted molar refractivity (Wildman–Crippen MR) is 79.2 cm³/mol. The molecule has 0 aromatic heterocycles. The highest BCUT2D eigenvalue weighted by molar-refractivity contribution is 5.76. The molecule has 0 N–H and O–H groups in total. The number of carbonyl (C=O) groups is 1. The van der Waals surface area contributed by atoms with Gasteiger partial charge in [-0.05, 0) is 51.2 Å². The number of unbranched alkanes of at least 4 members (excludes halogenated alkanes) is 1. The molecule has 0 heterocycles. The fourth-order valence-electron chi connectivity index (χ4n) is 2.22. The monoisotopic (exact) mass is 262 g/mol. The molecule has 2 heteroatoms. The summed E-state index contributed by atoms with van der Waals surface area (Å²) < 4.78 is 5.16. The van der Waals surface area contributed by atoms with E-state index in [-0.39, 0.29) is 5.97 Å². The zero-order chi connectivity index (χ0) is 14.3. The second kappa shape index (κ2) is 7.32. The van der Waals surface area contributed by atoms with E-state index in [4.69, 9.17) is 4.74 Å². The summed E-state index contributed by atoms with van der Waals surface area (Å²) in [5, 5.41) is 0. The molecule has 106 valence electrons. The number of rotatable bonds is 7. The Balaban J connectivity index is 2.83. The van der Waals surface area contributed by atoms with Crippen LogP contribution in [0.15, 0.2) is 24.3 Å². The van der Waals surface area contributed by atoms with E-state index in [1.54, 1.807) is 0 Å². The largest absolute Gasteiger partial charge is 0.466 e. The minimum Gasteiger partial charge on any atom is -0.466 e. The molecule has 1 rings (SSSR count).